The van der Waals surface area contributed by atoms with Gasteiger partial charge in [0.15, 0.2) is 0 Å². The third-order valence-corrected chi connectivity index (χ3v) is 1.60. The molecule has 1 aromatic rings. The molecule has 3 amide bonds. The van der Waals surface area contributed by atoms with Crippen molar-refractivity contribution in [2.75, 3.05) is 0 Å². The highest BCUT2D eigenvalue weighted by atomic mass is 35.5. The van der Waals surface area contributed by atoms with Crippen LogP contribution in [0.15, 0.2) is 30.3 Å². The van der Waals surface area contributed by atoms with Crippen LogP contribution in [0.5, 0.6) is 0 Å². The zero-order valence-corrected chi connectivity index (χ0v) is 8.04. The smallest absolute Gasteiger partial charge is 0.322 e. The number of carbonyl (C=O) groups is 2. The molecular weight excluding hydrogens is 204 g/mol. The Balaban J connectivity index is 2.34. The normalized spacial score (nSPS) is 9.21. The van der Waals surface area contributed by atoms with E-state index in [1.54, 1.807) is 0 Å². The second-order valence-corrected chi connectivity index (χ2v) is 2.91. The van der Waals surface area contributed by atoms with Crippen molar-refractivity contribution in [3.63, 3.8) is 0 Å². The van der Waals surface area contributed by atoms with Crippen molar-refractivity contribution >= 4 is 23.0 Å². The van der Waals surface area contributed by atoms with Crippen LogP contribution in [0, 0.1) is 0 Å². The number of hydrogen-bond acceptors (Lipinski definition) is 2. The molecule has 0 saturated heterocycles. The standard InChI is InChI=1S/C9H9ClN2O2/c10-8(13)12-9(14)11-6-7-4-2-1-3-5-7/h1-5H,6H2,(H2,11,12,13,14). The Kier molecular flexibility index (Phi) is 3.94. The second kappa shape index (κ2) is 5.24. The number of amides is 3. The number of imide groups is 1. The molecule has 0 radical (unpaired) electrons. The lowest BCUT2D eigenvalue weighted by atomic mass is 10.2. The Labute approximate surface area is 86.3 Å². The molecule has 0 aliphatic rings. The molecule has 1 aromatic carbocycles. The van der Waals surface area contributed by atoms with Gasteiger partial charge >= 0.3 is 11.4 Å². The predicted octanol–water partition coefficient (Wildman–Crippen LogP) is 1.84. The van der Waals surface area contributed by atoms with E-state index < -0.39 is 11.4 Å². The van der Waals surface area contributed by atoms with Crippen LogP contribution in [0.2, 0.25) is 0 Å². The first-order valence-electron chi connectivity index (χ1n) is 3.97. The van der Waals surface area contributed by atoms with E-state index in [0.717, 1.165) is 5.56 Å². The fraction of sp³-hybridized carbons (Fsp3) is 0.111. The van der Waals surface area contributed by atoms with Crippen molar-refractivity contribution in [1.29, 1.82) is 0 Å². The summed E-state index contributed by atoms with van der Waals surface area (Å²) >= 11 is 4.94. The topological polar surface area (TPSA) is 58.2 Å². The molecular formula is C9H9ClN2O2. The fourth-order valence-corrected chi connectivity index (χ4v) is 0.997. The summed E-state index contributed by atoms with van der Waals surface area (Å²) in [6.07, 6.45) is 0. The predicted molar refractivity (Wildman–Crippen MR) is 53.1 cm³/mol. The van der Waals surface area contributed by atoms with Crippen LogP contribution in [0.1, 0.15) is 5.56 Å². The van der Waals surface area contributed by atoms with Gasteiger partial charge in [-0.3, -0.25) is 10.1 Å². The molecule has 4 nitrogen and oxygen atoms in total. The first-order chi connectivity index (χ1) is 6.68. The highest BCUT2D eigenvalue weighted by molar-refractivity contribution is 6.64. The lowest BCUT2D eigenvalue weighted by Crippen LogP contribution is -2.36. The number of nitrogens with one attached hydrogen (secondary N) is 2. The van der Waals surface area contributed by atoms with E-state index in [4.69, 9.17) is 11.6 Å². The number of urea groups is 1. The third-order valence-electron chi connectivity index (χ3n) is 1.51. The highest BCUT2D eigenvalue weighted by Crippen LogP contribution is 1.96. The van der Waals surface area contributed by atoms with Gasteiger partial charge in [0.05, 0.1) is 0 Å². The molecule has 0 aliphatic heterocycles. The van der Waals surface area contributed by atoms with Gasteiger partial charge in [0, 0.05) is 6.54 Å². The first kappa shape index (κ1) is 10.5. The van der Waals surface area contributed by atoms with Crippen molar-refractivity contribution < 1.29 is 9.59 Å². The monoisotopic (exact) mass is 212 g/mol. The molecule has 0 saturated carbocycles. The number of halogens is 1. The quantitative estimate of drug-likeness (QED) is 0.581. The lowest BCUT2D eigenvalue weighted by molar-refractivity contribution is 0.236. The van der Waals surface area contributed by atoms with Crippen molar-refractivity contribution in [3.8, 4) is 0 Å². The molecule has 0 heterocycles. The average molecular weight is 213 g/mol. The van der Waals surface area contributed by atoms with E-state index in [1.807, 2.05) is 35.6 Å². The van der Waals surface area contributed by atoms with Gasteiger partial charge in [-0.15, -0.1) is 0 Å². The van der Waals surface area contributed by atoms with Gasteiger partial charge in [0.1, 0.15) is 0 Å². The molecule has 1 rings (SSSR count). The van der Waals surface area contributed by atoms with E-state index in [-0.39, 0.29) is 0 Å². The summed E-state index contributed by atoms with van der Waals surface area (Å²) in [5.74, 6) is 0. The Morgan fingerprint density at radius 3 is 2.43 bits per heavy atom. The Morgan fingerprint density at radius 1 is 1.21 bits per heavy atom. The summed E-state index contributed by atoms with van der Waals surface area (Å²) in [7, 11) is 0. The Morgan fingerprint density at radius 2 is 1.86 bits per heavy atom. The minimum atomic E-state index is -0.893. The van der Waals surface area contributed by atoms with Crippen molar-refractivity contribution in [3.05, 3.63) is 35.9 Å². The highest BCUT2D eigenvalue weighted by Gasteiger charge is 2.02. The van der Waals surface area contributed by atoms with Gasteiger partial charge < -0.3 is 5.32 Å². The minimum absolute atomic E-state index is 0.358. The van der Waals surface area contributed by atoms with Gasteiger partial charge in [0.2, 0.25) is 0 Å². The fourth-order valence-electron chi connectivity index (χ4n) is 0.912. The Hall–Kier alpha value is -1.55. The molecule has 2 N–H and O–H groups in total. The van der Waals surface area contributed by atoms with Crippen molar-refractivity contribution in [1.82, 2.24) is 10.6 Å². The summed E-state index contributed by atoms with van der Waals surface area (Å²) in [6.45, 7) is 0.358. The van der Waals surface area contributed by atoms with Crippen LogP contribution in [-0.2, 0) is 6.54 Å². The van der Waals surface area contributed by atoms with E-state index in [9.17, 15) is 9.59 Å². The van der Waals surface area contributed by atoms with Crippen LogP contribution in [0.4, 0.5) is 9.59 Å². The lowest BCUT2D eigenvalue weighted by Gasteiger charge is -2.03. The van der Waals surface area contributed by atoms with Crippen LogP contribution >= 0.6 is 11.6 Å². The summed E-state index contributed by atoms with van der Waals surface area (Å²) in [5.41, 5.74) is 0.949. The molecule has 0 aromatic heterocycles. The molecule has 0 fully saturated rings. The largest absolute Gasteiger partial charge is 0.334 e. The minimum Gasteiger partial charge on any atom is -0.334 e. The third kappa shape index (κ3) is 3.91. The zero-order chi connectivity index (χ0) is 10.4. The van der Waals surface area contributed by atoms with E-state index in [0.29, 0.717) is 6.54 Å². The Bertz CT molecular complexity index is 327. The van der Waals surface area contributed by atoms with Gasteiger partial charge in [-0.1, -0.05) is 30.3 Å². The molecule has 0 aliphatic carbocycles. The maximum Gasteiger partial charge on any atom is 0.322 e. The number of carbonyl (C=O) groups excluding carboxylic acids is 2. The second-order valence-electron chi connectivity index (χ2n) is 2.57. The number of rotatable bonds is 2. The zero-order valence-electron chi connectivity index (χ0n) is 7.29. The summed E-state index contributed by atoms with van der Waals surface area (Å²) in [5, 5.41) is 3.47. The average Bonchev–Trinajstić information content (AvgIpc) is 2.15. The molecule has 74 valence electrons. The molecule has 0 bridgehead atoms. The van der Waals surface area contributed by atoms with E-state index in [2.05, 4.69) is 5.32 Å². The van der Waals surface area contributed by atoms with Gasteiger partial charge in [0.25, 0.3) is 0 Å². The number of benzene rings is 1. The van der Waals surface area contributed by atoms with Gasteiger partial charge in [-0.25, -0.2) is 4.79 Å². The van der Waals surface area contributed by atoms with Crippen molar-refractivity contribution in [2.24, 2.45) is 0 Å². The van der Waals surface area contributed by atoms with Gasteiger partial charge in [-0.05, 0) is 17.2 Å². The molecule has 0 atom stereocenters. The van der Waals surface area contributed by atoms with Crippen LogP contribution < -0.4 is 10.6 Å². The molecule has 0 unspecified atom stereocenters. The maximum absolute atomic E-state index is 10.9. The van der Waals surface area contributed by atoms with E-state index in [1.165, 1.54) is 0 Å². The molecule has 5 heteroatoms. The SMILES string of the molecule is O=C(Cl)NC(=O)NCc1ccccc1. The van der Waals surface area contributed by atoms with Crippen LogP contribution in [-0.4, -0.2) is 11.4 Å². The van der Waals surface area contributed by atoms with E-state index >= 15 is 0 Å². The summed E-state index contributed by atoms with van der Waals surface area (Å²) < 4.78 is 0. The van der Waals surface area contributed by atoms with Crippen LogP contribution in [0.25, 0.3) is 0 Å². The first-order valence-corrected chi connectivity index (χ1v) is 4.34. The summed E-state index contributed by atoms with van der Waals surface area (Å²) in [4.78, 5) is 21.2. The summed E-state index contributed by atoms with van der Waals surface area (Å²) in [6, 6.07) is 8.73. The number of hydrogen-bond donors (Lipinski definition) is 2. The molecule has 0 spiro atoms. The molecule has 14 heavy (non-hydrogen) atoms. The van der Waals surface area contributed by atoms with Gasteiger partial charge in [-0.2, -0.15) is 0 Å². The maximum atomic E-state index is 10.9. The van der Waals surface area contributed by atoms with Crippen LogP contribution in [0.3, 0.4) is 0 Å². The van der Waals surface area contributed by atoms with Crippen molar-refractivity contribution in [2.45, 2.75) is 6.54 Å².